The molecule has 7 nitrogen and oxygen atoms in total. The van der Waals surface area contributed by atoms with Crippen LogP contribution >= 0.6 is 11.6 Å². The van der Waals surface area contributed by atoms with E-state index in [4.69, 9.17) is 11.6 Å². The van der Waals surface area contributed by atoms with Crippen LogP contribution < -0.4 is 10.0 Å². The first-order valence-corrected chi connectivity index (χ1v) is 13.1. The van der Waals surface area contributed by atoms with Crippen molar-refractivity contribution in [2.45, 2.75) is 19.4 Å². The first-order chi connectivity index (χ1) is 16.2. The largest absolute Gasteiger partial charge is 0.384 e. The smallest absolute Gasteiger partial charge is 0.282 e. The highest BCUT2D eigenvalue weighted by Crippen LogP contribution is 2.36. The fourth-order valence-electron chi connectivity index (χ4n) is 4.60. The van der Waals surface area contributed by atoms with Gasteiger partial charge in [-0.1, -0.05) is 42.0 Å². The van der Waals surface area contributed by atoms with Gasteiger partial charge in [-0.3, -0.25) is 9.59 Å². The maximum absolute atomic E-state index is 13.4. The van der Waals surface area contributed by atoms with E-state index in [2.05, 4.69) is 16.1 Å². The van der Waals surface area contributed by atoms with Crippen molar-refractivity contribution < 1.29 is 18.0 Å². The van der Waals surface area contributed by atoms with Crippen LogP contribution in [0.15, 0.2) is 54.6 Å². The number of carbonyl (C=O) groups is 2. The standard InChI is InChI=1S/C25H22ClN3O4S/c1-34(32,33)28-25(31)24-23(18-4-2-3-5-22(18)30)19-13-17(26)8-9-21(19)29(24)14-15-6-7-16-10-11-27-20(16)12-15/h2-4,6-9,12-13,27H,5,10-11,14H2,1H3,(H,28,31). The van der Waals surface area contributed by atoms with Crippen molar-refractivity contribution in [2.24, 2.45) is 0 Å². The molecule has 0 fully saturated rings. The number of allylic oxidation sites excluding steroid dienone is 4. The van der Waals surface area contributed by atoms with Gasteiger partial charge in [0.2, 0.25) is 10.0 Å². The van der Waals surface area contributed by atoms with Crippen LogP contribution in [0.25, 0.3) is 16.5 Å². The highest BCUT2D eigenvalue weighted by molar-refractivity contribution is 7.89. The molecule has 0 saturated carbocycles. The molecule has 174 valence electrons. The molecule has 0 atom stereocenters. The second kappa shape index (κ2) is 8.45. The van der Waals surface area contributed by atoms with Gasteiger partial charge >= 0.3 is 0 Å². The lowest BCUT2D eigenvalue weighted by Gasteiger charge is -2.14. The van der Waals surface area contributed by atoms with Crippen molar-refractivity contribution >= 4 is 55.5 Å². The van der Waals surface area contributed by atoms with E-state index in [9.17, 15) is 18.0 Å². The molecule has 1 aliphatic heterocycles. The average molecular weight is 496 g/mol. The third-order valence-electron chi connectivity index (χ3n) is 6.02. The van der Waals surface area contributed by atoms with Crippen molar-refractivity contribution in [1.82, 2.24) is 9.29 Å². The predicted molar refractivity (Wildman–Crippen MR) is 134 cm³/mol. The molecule has 0 saturated heterocycles. The number of nitrogens with zero attached hydrogens (tertiary/aromatic N) is 1. The van der Waals surface area contributed by atoms with E-state index in [1.807, 2.05) is 12.1 Å². The summed E-state index contributed by atoms with van der Waals surface area (Å²) in [6, 6.07) is 11.3. The maximum Gasteiger partial charge on any atom is 0.282 e. The normalized spacial score (nSPS) is 15.2. The van der Waals surface area contributed by atoms with Gasteiger partial charge in [0, 0.05) is 52.3 Å². The second-order valence-corrected chi connectivity index (χ2v) is 10.7. The summed E-state index contributed by atoms with van der Waals surface area (Å²) in [6.07, 6.45) is 7.23. The number of anilines is 1. The summed E-state index contributed by atoms with van der Waals surface area (Å²) in [7, 11) is -3.84. The van der Waals surface area contributed by atoms with E-state index in [-0.39, 0.29) is 17.9 Å². The van der Waals surface area contributed by atoms with E-state index < -0.39 is 15.9 Å². The van der Waals surface area contributed by atoms with Crippen LogP contribution in [0.5, 0.6) is 0 Å². The molecule has 0 radical (unpaired) electrons. The molecule has 0 bridgehead atoms. The molecule has 2 aromatic carbocycles. The number of fused-ring (bicyclic) bond motifs is 2. The maximum atomic E-state index is 13.4. The van der Waals surface area contributed by atoms with Crippen LogP contribution in [-0.4, -0.2) is 37.5 Å². The van der Waals surface area contributed by atoms with Crippen LogP contribution in [0.3, 0.4) is 0 Å². The molecule has 0 spiro atoms. The first-order valence-electron chi connectivity index (χ1n) is 10.8. The van der Waals surface area contributed by atoms with Gasteiger partial charge in [-0.15, -0.1) is 0 Å². The Morgan fingerprint density at radius 3 is 2.79 bits per heavy atom. The number of sulfonamides is 1. The first kappa shape index (κ1) is 22.4. The number of carbonyl (C=O) groups excluding carboxylic acids is 2. The van der Waals surface area contributed by atoms with E-state index in [0.29, 0.717) is 33.6 Å². The number of nitrogens with one attached hydrogen (secondary N) is 2. The van der Waals surface area contributed by atoms with Crippen LogP contribution in [-0.2, 0) is 27.8 Å². The number of ketones is 1. The quantitative estimate of drug-likeness (QED) is 0.559. The average Bonchev–Trinajstić information content (AvgIpc) is 3.35. The molecule has 5 rings (SSSR count). The molecule has 1 aromatic heterocycles. The lowest BCUT2D eigenvalue weighted by atomic mass is 9.93. The van der Waals surface area contributed by atoms with Crippen LogP contribution in [0.2, 0.25) is 5.02 Å². The summed E-state index contributed by atoms with van der Waals surface area (Å²) in [4.78, 5) is 26.2. The molecule has 34 heavy (non-hydrogen) atoms. The Bertz CT molecular complexity index is 1530. The zero-order chi connectivity index (χ0) is 24.0. The summed E-state index contributed by atoms with van der Waals surface area (Å²) in [5, 5.41) is 4.41. The van der Waals surface area contributed by atoms with Crippen LogP contribution in [0, 0.1) is 0 Å². The van der Waals surface area contributed by atoms with Crippen molar-refractivity contribution in [1.29, 1.82) is 0 Å². The monoisotopic (exact) mass is 495 g/mol. The van der Waals surface area contributed by atoms with E-state index in [1.165, 1.54) is 5.56 Å². The summed E-state index contributed by atoms with van der Waals surface area (Å²) >= 11 is 6.31. The number of rotatable bonds is 5. The Hall–Kier alpha value is -3.36. The molecule has 1 aliphatic carbocycles. The summed E-state index contributed by atoms with van der Waals surface area (Å²) in [5.74, 6) is -0.955. The molecule has 2 aliphatic rings. The Labute approximate surface area is 202 Å². The van der Waals surface area contributed by atoms with E-state index >= 15 is 0 Å². The fraction of sp³-hybridized carbons (Fsp3) is 0.200. The Kier molecular flexibility index (Phi) is 5.58. The number of amides is 1. The second-order valence-electron chi connectivity index (χ2n) is 8.48. The number of aromatic nitrogens is 1. The molecular formula is C25H22ClN3O4S. The fourth-order valence-corrected chi connectivity index (χ4v) is 5.21. The summed E-state index contributed by atoms with van der Waals surface area (Å²) in [5.41, 5.74) is 4.72. The van der Waals surface area contributed by atoms with Gasteiger partial charge in [0.25, 0.3) is 5.91 Å². The van der Waals surface area contributed by atoms with Crippen molar-refractivity contribution in [3.8, 4) is 0 Å². The van der Waals surface area contributed by atoms with Gasteiger partial charge in [0.1, 0.15) is 5.69 Å². The van der Waals surface area contributed by atoms with Gasteiger partial charge in [-0.2, -0.15) is 0 Å². The number of hydrogen-bond donors (Lipinski definition) is 2. The Morgan fingerprint density at radius 1 is 1.21 bits per heavy atom. The topological polar surface area (TPSA) is 97.3 Å². The number of hydrogen-bond acceptors (Lipinski definition) is 5. The minimum absolute atomic E-state index is 0.103. The molecule has 9 heteroatoms. The van der Waals surface area contributed by atoms with E-state index in [0.717, 1.165) is 30.5 Å². The zero-order valence-electron chi connectivity index (χ0n) is 18.4. The molecule has 3 aromatic rings. The number of benzene rings is 2. The van der Waals surface area contributed by atoms with Crippen molar-refractivity contribution in [3.63, 3.8) is 0 Å². The van der Waals surface area contributed by atoms with Crippen molar-refractivity contribution in [3.05, 3.63) is 82.0 Å². The van der Waals surface area contributed by atoms with Gasteiger partial charge in [-0.25, -0.2) is 13.1 Å². The van der Waals surface area contributed by atoms with Gasteiger partial charge < -0.3 is 9.88 Å². The van der Waals surface area contributed by atoms with Gasteiger partial charge in [0.05, 0.1) is 6.26 Å². The minimum atomic E-state index is -3.84. The summed E-state index contributed by atoms with van der Waals surface area (Å²) < 4.78 is 27.8. The SMILES string of the molecule is CS(=O)(=O)NC(=O)c1c(C2=CC=CCC2=O)c2cc(Cl)ccc2n1Cc1ccc2c(c1)NCC2. The lowest BCUT2D eigenvalue weighted by molar-refractivity contribution is -0.113. The van der Waals surface area contributed by atoms with Gasteiger partial charge in [0.15, 0.2) is 5.78 Å². The summed E-state index contributed by atoms with van der Waals surface area (Å²) in [6.45, 7) is 1.18. The molecule has 1 amide bonds. The van der Waals surface area contributed by atoms with Crippen LogP contribution in [0.1, 0.15) is 33.6 Å². The lowest BCUT2D eigenvalue weighted by Crippen LogP contribution is -2.32. The van der Waals surface area contributed by atoms with Gasteiger partial charge in [-0.05, 0) is 41.8 Å². The Morgan fingerprint density at radius 2 is 2.03 bits per heavy atom. The van der Waals surface area contributed by atoms with Crippen LogP contribution in [0.4, 0.5) is 5.69 Å². The van der Waals surface area contributed by atoms with Crippen molar-refractivity contribution in [2.75, 3.05) is 18.1 Å². The third-order valence-corrected chi connectivity index (χ3v) is 6.81. The molecular weight excluding hydrogens is 474 g/mol. The third kappa shape index (κ3) is 4.15. The minimum Gasteiger partial charge on any atom is -0.384 e. The highest BCUT2D eigenvalue weighted by Gasteiger charge is 2.29. The predicted octanol–water partition coefficient (Wildman–Crippen LogP) is 3.91. The number of Topliss-reactive ketones (excluding diaryl/α,β-unsaturated/α-hetero) is 1. The number of halogens is 1. The molecule has 0 unspecified atom stereocenters. The Balaban J connectivity index is 1.77. The highest BCUT2D eigenvalue weighted by atomic mass is 35.5. The molecule has 2 heterocycles. The van der Waals surface area contributed by atoms with E-state index in [1.54, 1.807) is 41.0 Å². The molecule has 2 N–H and O–H groups in total. The zero-order valence-corrected chi connectivity index (χ0v) is 20.0.